The van der Waals surface area contributed by atoms with Crippen molar-refractivity contribution in [1.29, 1.82) is 0 Å². The lowest BCUT2D eigenvalue weighted by molar-refractivity contribution is -0.116. The van der Waals surface area contributed by atoms with Gasteiger partial charge in [0.25, 0.3) is 0 Å². The van der Waals surface area contributed by atoms with Gasteiger partial charge < -0.3 is 16.0 Å². The number of amides is 1. The molecule has 0 spiro atoms. The Morgan fingerprint density at radius 2 is 2.06 bits per heavy atom. The number of anilines is 2. The number of nitrogen functional groups attached to an aromatic ring is 1. The summed E-state index contributed by atoms with van der Waals surface area (Å²) < 4.78 is 0. The van der Waals surface area contributed by atoms with E-state index in [9.17, 15) is 4.79 Å². The third-order valence-electron chi connectivity index (χ3n) is 2.36. The predicted molar refractivity (Wildman–Crippen MR) is 77.3 cm³/mol. The van der Waals surface area contributed by atoms with Gasteiger partial charge in [-0.1, -0.05) is 23.2 Å². The van der Waals surface area contributed by atoms with Crippen molar-refractivity contribution in [2.45, 2.75) is 12.8 Å². The largest absolute Gasteiger partial charge is 0.397 e. The number of carbonyl (C=O) groups is 1. The molecule has 4 nitrogen and oxygen atoms in total. The molecule has 0 heterocycles. The van der Waals surface area contributed by atoms with E-state index in [-0.39, 0.29) is 5.91 Å². The summed E-state index contributed by atoms with van der Waals surface area (Å²) in [6.45, 7) is 0.858. The van der Waals surface area contributed by atoms with Crippen LogP contribution in [0.25, 0.3) is 0 Å². The smallest absolute Gasteiger partial charge is 0.224 e. The Labute approximate surface area is 117 Å². The predicted octanol–water partition coefficient (Wildman–Crippen LogP) is 2.86. The molecule has 0 atom stereocenters. The summed E-state index contributed by atoms with van der Waals surface area (Å²) in [7, 11) is 3.93. The van der Waals surface area contributed by atoms with Crippen molar-refractivity contribution in [2.75, 3.05) is 31.7 Å². The van der Waals surface area contributed by atoms with Gasteiger partial charge in [0.2, 0.25) is 5.91 Å². The molecule has 0 aromatic heterocycles. The molecule has 0 saturated carbocycles. The fraction of sp³-hybridized carbons (Fsp3) is 0.417. The summed E-state index contributed by atoms with van der Waals surface area (Å²) in [5, 5.41) is 3.50. The average molecular weight is 290 g/mol. The second-order valence-electron chi connectivity index (χ2n) is 4.31. The maximum absolute atomic E-state index is 11.7. The minimum absolute atomic E-state index is 0.104. The van der Waals surface area contributed by atoms with Gasteiger partial charge in [-0.2, -0.15) is 0 Å². The third kappa shape index (κ3) is 4.72. The first-order valence-electron chi connectivity index (χ1n) is 5.59. The van der Waals surface area contributed by atoms with E-state index in [1.165, 1.54) is 0 Å². The number of nitrogens with two attached hydrogens (primary N) is 1. The van der Waals surface area contributed by atoms with Crippen LogP contribution >= 0.6 is 23.2 Å². The maximum atomic E-state index is 11.7. The molecule has 3 N–H and O–H groups in total. The van der Waals surface area contributed by atoms with Gasteiger partial charge in [-0.05, 0) is 39.2 Å². The van der Waals surface area contributed by atoms with Gasteiger partial charge in [0.05, 0.1) is 16.4 Å². The number of hydrogen-bond acceptors (Lipinski definition) is 3. The normalized spacial score (nSPS) is 10.7. The number of benzene rings is 1. The van der Waals surface area contributed by atoms with Crippen molar-refractivity contribution in [3.63, 3.8) is 0 Å². The summed E-state index contributed by atoms with van der Waals surface area (Å²) in [6.07, 6.45) is 1.21. The van der Waals surface area contributed by atoms with Crippen LogP contribution in [0.5, 0.6) is 0 Å². The first-order valence-corrected chi connectivity index (χ1v) is 6.35. The Bertz CT molecular complexity index is 412. The van der Waals surface area contributed by atoms with Gasteiger partial charge in [-0.3, -0.25) is 4.79 Å². The topological polar surface area (TPSA) is 58.4 Å². The van der Waals surface area contributed by atoms with Crippen LogP contribution in [0, 0.1) is 0 Å². The molecular formula is C12H17Cl2N3O. The zero-order valence-electron chi connectivity index (χ0n) is 10.5. The second-order valence-corrected chi connectivity index (χ2v) is 5.15. The van der Waals surface area contributed by atoms with E-state index in [0.29, 0.717) is 27.8 Å². The number of rotatable bonds is 5. The molecule has 0 radical (unpaired) electrons. The number of halogens is 2. The number of hydrogen-bond donors (Lipinski definition) is 2. The van der Waals surface area contributed by atoms with Crippen LogP contribution in [0.15, 0.2) is 12.1 Å². The van der Waals surface area contributed by atoms with Gasteiger partial charge in [0, 0.05) is 11.4 Å². The zero-order chi connectivity index (χ0) is 13.7. The highest BCUT2D eigenvalue weighted by molar-refractivity contribution is 6.37. The van der Waals surface area contributed by atoms with Crippen molar-refractivity contribution in [3.05, 3.63) is 22.2 Å². The maximum Gasteiger partial charge on any atom is 0.224 e. The molecule has 0 aliphatic heterocycles. The quantitative estimate of drug-likeness (QED) is 0.820. The molecule has 0 fully saturated rings. The molecule has 0 aliphatic carbocycles. The molecule has 1 rings (SSSR count). The fourth-order valence-corrected chi connectivity index (χ4v) is 2.04. The molecule has 0 aliphatic rings. The highest BCUT2D eigenvalue weighted by Crippen LogP contribution is 2.32. The lowest BCUT2D eigenvalue weighted by atomic mass is 10.2. The van der Waals surface area contributed by atoms with Gasteiger partial charge in [-0.25, -0.2) is 0 Å². The SMILES string of the molecule is CN(C)CCCC(=O)Nc1c(N)cc(Cl)cc1Cl. The Morgan fingerprint density at radius 3 is 2.61 bits per heavy atom. The monoisotopic (exact) mass is 289 g/mol. The first kappa shape index (κ1) is 15.1. The standard InChI is InChI=1S/C12H17Cl2N3O/c1-17(2)5-3-4-11(18)16-12-9(14)6-8(13)7-10(12)15/h6-7H,3-5,15H2,1-2H3,(H,16,18). The third-order valence-corrected chi connectivity index (χ3v) is 2.88. The van der Waals surface area contributed by atoms with E-state index in [2.05, 4.69) is 5.32 Å². The lowest BCUT2D eigenvalue weighted by Gasteiger charge is -2.12. The Kier molecular flexibility index (Phi) is 5.72. The number of nitrogens with zero attached hydrogens (tertiary/aromatic N) is 1. The molecule has 0 unspecified atom stereocenters. The van der Waals surface area contributed by atoms with Crippen molar-refractivity contribution in [2.24, 2.45) is 0 Å². The van der Waals surface area contributed by atoms with Crippen LogP contribution in [0.3, 0.4) is 0 Å². The Morgan fingerprint density at radius 1 is 1.39 bits per heavy atom. The minimum atomic E-state index is -0.104. The van der Waals surface area contributed by atoms with Gasteiger partial charge in [0.15, 0.2) is 0 Å². The molecule has 0 saturated heterocycles. The van der Waals surface area contributed by atoms with Gasteiger partial charge >= 0.3 is 0 Å². The summed E-state index contributed by atoms with van der Waals surface area (Å²) >= 11 is 11.8. The minimum Gasteiger partial charge on any atom is -0.397 e. The molecule has 1 aromatic rings. The summed E-state index contributed by atoms with van der Waals surface area (Å²) in [5.74, 6) is -0.104. The molecule has 1 amide bonds. The molecule has 100 valence electrons. The van der Waals surface area contributed by atoms with Crippen LogP contribution in [-0.4, -0.2) is 31.4 Å². The highest BCUT2D eigenvalue weighted by Gasteiger charge is 2.10. The van der Waals surface area contributed by atoms with Crippen LogP contribution in [0.2, 0.25) is 10.0 Å². The van der Waals surface area contributed by atoms with E-state index >= 15 is 0 Å². The first-order chi connectivity index (χ1) is 8.40. The highest BCUT2D eigenvalue weighted by atomic mass is 35.5. The average Bonchev–Trinajstić information content (AvgIpc) is 2.22. The Balaban J connectivity index is 2.59. The molecule has 18 heavy (non-hydrogen) atoms. The molecule has 6 heteroatoms. The summed E-state index contributed by atoms with van der Waals surface area (Å²) in [4.78, 5) is 13.7. The lowest BCUT2D eigenvalue weighted by Crippen LogP contribution is -2.17. The van der Waals surface area contributed by atoms with Gasteiger partial charge in [-0.15, -0.1) is 0 Å². The molecular weight excluding hydrogens is 273 g/mol. The van der Waals surface area contributed by atoms with E-state index in [4.69, 9.17) is 28.9 Å². The molecule has 0 bridgehead atoms. The number of nitrogens with one attached hydrogen (secondary N) is 1. The van der Waals surface area contributed by atoms with Crippen molar-refractivity contribution in [1.82, 2.24) is 4.90 Å². The van der Waals surface area contributed by atoms with Crippen molar-refractivity contribution < 1.29 is 4.79 Å². The van der Waals surface area contributed by atoms with E-state index in [1.807, 2.05) is 19.0 Å². The summed E-state index contributed by atoms with van der Waals surface area (Å²) in [5.41, 5.74) is 6.55. The number of carbonyl (C=O) groups excluding carboxylic acids is 1. The van der Waals surface area contributed by atoms with Crippen LogP contribution in [0.1, 0.15) is 12.8 Å². The van der Waals surface area contributed by atoms with E-state index < -0.39 is 0 Å². The van der Waals surface area contributed by atoms with Crippen LogP contribution in [0.4, 0.5) is 11.4 Å². The molecule has 1 aromatic carbocycles. The van der Waals surface area contributed by atoms with Crippen LogP contribution < -0.4 is 11.1 Å². The van der Waals surface area contributed by atoms with Crippen LogP contribution in [-0.2, 0) is 4.79 Å². The zero-order valence-corrected chi connectivity index (χ0v) is 12.0. The van der Waals surface area contributed by atoms with Crippen molar-refractivity contribution in [3.8, 4) is 0 Å². The van der Waals surface area contributed by atoms with E-state index in [0.717, 1.165) is 13.0 Å². The second kappa shape index (κ2) is 6.83. The summed E-state index contributed by atoms with van der Waals surface area (Å²) in [6, 6.07) is 3.11. The van der Waals surface area contributed by atoms with Crippen molar-refractivity contribution >= 4 is 40.5 Å². The van der Waals surface area contributed by atoms with E-state index in [1.54, 1.807) is 12.1 Å². The Hall–Kier alpha value is -0.970. The van der Waals surface area contributed by atoms with Gasteiger partial charge in [0.1, 0.15) is 0 Å². The fourth-order valence-electron chi connectivity index (χ4n) is 1.48.